The van der Waals surface area contributed by atoms with Crippen LogP contribution in [-0.2, 0) is 23.6 Å². The van der Waals surface area contributed by atoms with Gasteiger partial charge in [0.1, 0.15) is 0 Å². The first-order chi connectivity index (χ1) is 8.99. The lowest BCUT2D eigenvalue weighted by atomic mass is 9.88. The van der Waals surface area contributed by atoms with Crippen LogP contribution in [0.15, 0.2) is 18.2 Å². The first-order valence-corrected chi connectivity index (χ1v) is 6.71. The molecular weight excluding hydrogens is 250 g/mol. The molecule has 0 bridgehead atoms. The molecule has 0 aliphatic heterocycles. The SMILES string of the molecule is O=C(O)CCCC(F)(F)c1ccc2c(c1)CCCC2. The van der Waals surface area contributed by atoms with Gasteiger partial charge in [-0.3, -0.25) is 4.79 Å². The zero-order valence-corrected chi connectivity index (χ0v) is 10.8. The average Bonchev–Trinajstić information content (AvgIpc) is 2.37. The van der Waals surface area contributed by atoms with Gasteiger partial charge in [0.2, 0.25) is 0 Å². The molecule has 1 aliphatic carbocycles. The van der Waals surface area contributed by atoms with Crippen molar-refractivity contribution in [3.05, 3.63) is 34.9 Å². The van der Waals surface area contributed by atoms with Crippen molar-refractivity contribution < 1.29 is 18.7 Å². The molecule has 19 heavy (non-hydrogen) atoms. The Hall–Kier alpha value is -1.45. The van der Waals surface area contributed by atoms with Crippen LogP contribution in [0.4, 0.5) is 8.78 Å². The Morgan fingerprint density at radius 3 is 2.58 bits per heavy atom. The lowest BCUT2D eigenvalue weighted by Crippen LogP contribution is -2.15. The average molecular weight is 268 g/mol. The maximum Gasteiger partial charge on any atom is 0.303 e. The number of carboxylic acid groups (broad SMARTS) is 1. The number of rotatable bonds is 5. The Kier molecular flexibility index (Phi) is 4.17. The van der Waals surface area contributed by atoms with E-state index in [1.54, 1.807) is 12.1 Å². The molecular formula is C15H18F2O2. The summed E-state index contributed by atoms with van der Waals surface area (Å²) < 4.78 is 28.0. The summed E-state index contributed by atoms with van der Waals surface area (Å²) in [6.07, 6.45) is 3.41. The van der Waals surface area contributed by atoms with Crippen LogP contribution >= 0.6 is 0 Å². The van der Waals surface area contributed by atoms with Gasteiger partial charge in [-0.1, -0.05) is 12.1 Å². The second-order valence-electron chi connectivity index (χ2n) is 5.14. The first-order valence-electron chi connectivity index (χ1n) is 6.71. The zero-order chi connectivity index (χ0) is 13.9. The number of fused-ring (bicyclic) bond motifs is 1. The fraction of sp³-hybridized carbons (Fsp3) is 0.533. The highest BCUT2D eigenvalue weighted by atomic mass is 19.3. The predicted molar refractivity (Wildman–Crippen MR) is 68.5 cm³/mol. The molecule has 0 atom stereocenters. The fourth-order valence-electron chi connectivity index (χ4n) is 2.57. The Balaban J connectivity index is 2.09. The standard InChI is InChI=1S/C15H18F2O2/c16-15(17,9-3-6-14(18)19)13-8-7-11-4-1-2-5-12(11)10-13/h7-8,10H,1-6,9H2,(H,18,19). The molecule has 0 amide bonds. The van der Waals surface area contributed by atoms with Gasteiger partial charge in [-0.25, -0.2) is 8.78 Å². The number of carboxylic acids is 1. The van der Waals surface area contributed by atoms with Crippen LogP contribution in [0.3, 0.4) is 0 Å². The third-order valence-corrected chi connectivity index (χ3v) is 3.65. The van der Waals surface area contributed by atoms with Crippen molar-refractivity contribution in [1.29, 1.82) is 0 Å². The maximum absolute atomic E-state index is 14.0. The fourth-order valence-corrected chi connectivity index (χ4v) is 2.57. The van der Waals surface area contributed by atoms with Gasteiger partial charge >= 0.3 is 5.97 Å². The van der Waals surface area contributed by atoms with Gasteiger partial charge < -0.3 is 5.11 Å². The molecule has 1 aromatic carbocycles. The largest absolute Gasteiger partial charge is 0.481 e. The summed E-state index contributed by atoms with van der Waals surface area (Å²) in [4.78, 5) is 10.4. The molecule has 0 fully saturated rings. The Morgan fingerprint density at radius 1 is 1.21 bits per heavy atom. The Labute approximate surface area is 111 Å². The second kappa shape index (κ2) is 5.68. The molecule has 1 N–H and O–H groups in total. The number of hydrogen-bond acceptors (Lipinski definition) is 1. The van der Waals surface area contributed by atoms with Gasteiger partial charge in [0.25, 0.3) is 5.92 Å². The van der Waals surface area contributed by atoms with Crippen molar-refractivity contribution >= 4 is 5.97 Å². The number of carbonyl (C=O) groups is 1. The summed E-state index contributed by atoms with van der Waals surface area (Å²) in [5.74, 6) is -3.96. The van der Waals surface area contributed by atoms with Gasteiger partial charge in [0.15, 0.2) is 0 Å². The van der Waals surface area contributed by atoms with Gasteiger partial charge in [-0.05, 0) is 49.3 Å². The summed E-state index contributed by atoms with van der Waals surface area (Å²) in [5, 5.41) is 8.49. The van der Waals surface area contributed by atoms with E-state index >= 15 is 0 Å². The van der Waals surface area contributed by atoms with Crippen molar-refractivity contribution in [3.63, 3.8) is 0 Å². The molecule has 0 unspecified atom stereocenters. The van der Waals surface area contributed by atoms with Crippen LogP contribution in [0.25, 0.3) is 0 Å². The lowest BCUT2D eigenvalue weighted by molar-refractivity contribution is -0.137. The van der Waals surface area contributed by atoms with E-state index in [9.17, 15) is 13.6 Å². The molecule has 4 heteroatoms. The zero-order valence-electron chi connectivity index (χ0n) is 10.8. The quantitative estimate of drug-likeness (QED) is 0.879. The minimum absolute atomic E-state index is 0.000577. The molecule has 0 heterocycles. The predicted octanol–water partition coefficient (Wildman–Crippen LogP) is 3.91. The van der Waals surface area contributed by atoms with E-state index in [-0.39, 0.29) is 18.4 Å². The molecule has 2 rings (SSSR count). The Morgan fingerprint density at radius 2 is 1.89 bits per heavy atom. The van der Waals surface area contributed by atoms with E-state index in [1.165, 1.54) is 11.6 Å². The van der Waals surface area contributed by atoms with Gasteiger partial charge in [0, 0.05) is 18.4 Å². The van der Waals surface area contributed by atoms with Crippen LogP contribution in [0, 0.1) is 0 Å². The van der Waals surface area contributed by atoms with Crippen molar-refractivity contribution in [1.82, 2.24) is 0 Å². The van der Waals surface area contributed by atoms with E-state index in [4.69, 9.17) is 5.11 Å². The number of hydrogen-bond donors (Lipinski definition) is 1. The highest BCUT2D eigenvalue weighted by Crippen LogP contribution is 2.35. The van der Waals surface area contributed by atoms with Crippen LogP contribution in [0.1, 0.15) is 48.8 Å². The summed E-state index contributed by atoms with van der Waals surface area (Å²) in [7, 11) is 0. The van der Waals surface area contributed by atoms with Crippen LogP contribution in [-0.4, -0.2) is 11.1 Å². The van der Waals surface area contributed by atoms with Crippen molar-refractivity contribution in [3.8, 4) is 0 Å². The van der Waals surface area contributed by atoms with Gasteiger partial charge in [-0.15, -0.1) is 0 Å². The highest BCUT2D eigenvalue weighted by molar-refractivity contribution is 5.66. The van der Waals surface area contributed by atoms with E-state index in [0.29, 0.717) is 0 Å². The van der Waals surface area contributed by atoms with E-state index in [1.807, 2.05) is 0 Å². The molecule has 0 saturated heterocycles. The van der Waals surface area contributed by atoms with E-state index < -0.39 is 18.3 Å². The van der Waals surface area contributed by atoms with Crippen LogP contribution < -0.4 is 0 Å². The van der Waals surface area contributed by atoms with Crippen molar-refractivity contribution in [2.75, 3.05) is 0 Å². The normalized spacial score (nSPS) is 15.1. The minimum atomic E-state index is -2.93. The third-order valence-electron chi connectivity index (χ3n) is 3.65. The molecule has 1 aliphatic rings. The number of halogens is 2. The molecule has 104 valence electrons. The summed E-state index contributed by atoms with van der Waals surface area (Å²) in [6.45, 7) is 0. The summed E-state index contributed by atoms with van der Waals surface area (Å²) in [6, 6.07) is 4.90. The molecule has 2 nitrogen and oxygen atoms in total. The first kappa shape index (κ1) is 14.0. The highest BCUT2D eigenvalue weighted by Gasteiger charge is 2.31. The van der Waals surface area contributed by atoms with Crippen molar-refractivity contribution in [2.24, 2.45) is 0 Å². The molecule has 1 aromatic rings. The Bertz CT molecular complexity index is 469. The number of alkyl halides is 2. The molecule has 0 radical (unpaired) electrons. The van der Waals surface area contributed by atoms with Gasteiger partial charge in [0.05, 0.1) is 0 Å². The molecule has 0 saturated carbocycles. The monoisotopic (exact) mass is 268 g/mol. The number of benzene rings is 1. The number of aliphatic carboxylic acids is 1. The van der Waals surface area contributed by atoms with E-state index in [2.05, 4.69) is 0 Å². The van der Waals surface area contributed by atoms with E-state index in [0.717, 1.165) is 31.2 Å². The minimum Gasteiger partial charge on any atom is -0.481 e. The summed E-state index contributed by atoms with van der Waals surface area (Å²) >= 11 is 0. The number of aryl methyl sites for hydroxylation is 2. The smallest absolute Gasteiger partial charge is 0.303 e. The van der Waals surface area contributed by atoms with Crippen molar-refractivity contribution in [2.45, 2.75) is 50.9 Å². The maximum atomic E-state index is 14.0. The van der Waals surface area contributed by atoms with Crippen LogP contribution in [0.5, 0.6) is 0 Å². The van der Waals surface area contributed by atoms with Gasteiger partial charge in [-0.2, -0.15) is 0 Å². The summed E-state index contributed by atoms with van der Waals surface area (Å²) in [5.41, 5.74) is 2.23. The lowest BCUT2D eigenvalue weighted by Gasteiger charge is -2.21. The third kappa shape index (κ3) is 3.52. The second-order valence-corrected chi connectivity index (χ2v) is 5.14. The molecule has 0 spiro atoms. The topological polar surface area (TPSA) is 37.3 Å². The van der Waals surface area contributed by atoms with Crippen LogP contribution in [0.2, 0.25) is 0 Å². The molecule has 0 aromatic heterocycles.